The van der Waals surface area contributed by atoms with Gasteiger partial charge in [0.05, 0.1) is 33.3 Å². The molecule has 0 spiro atoms. The Morgan fingerprint density at radius 2 is 1.23 bits per heavy atom. The molecule has 0 aliphatic heterocycles. The third kappa shape index (κ3) is 13.9. The van der Waals surface area contributed by atoms with Crippen LogP contribution in [0.25, 0.3) is 0 Å². The molecule has 0 fully saturated rings. The van der Waals surface area contributed by atoms with Crippen molar-refractivity contribution in [3.63, 3.8) is 0 Å². The number of oxime groups is 1. The van der Waals surface area contributed by atoms with Gasteiger partial charge in [-0.2, -0.15) is 10.5 Å². The van der Waals surface area contributed by atoms with E-state index < -0.39 is 17.7 Å². The van der Waals surface area contributed by atoms with Crippen molar-refractivity contribution in [2.75, 3.05) is 26.4 Å². The summed E-state index contributed by atoms with van der Waals surface area (Å²) in [6, 6.07) is 17.5. The highest BCUT2D eigenvalue weighted by atomic mass is 32.1. The molecule has 2 aromatic heterocycles. The molecular formula is C30H28N6O9S2. The number of aromatic nitrogens is 2. The molecule has 2 heterocycles. The van der Waals surface area contributed by atoms with E-state index in [1.165, 1.54) is 28.1 Å². The number of carboxylic acids is 2. The van der Waals surface area contributed by atoms with Crippen LogP contribution in [0.1, 0.15) is 37.3 Å². The molecule has 0 amide bonds. The van der Waals surface area contributed by atoms with E-state index in [9.17, 15) is 14.4 Å². The monoisotopic (exact) mass is 680 g/mol. The maximum atomic E-state index is 11.2. The molecule has 0 unspecified atom stereocenters. The lowest BCUT2D eigenvalue weighted by Crippen LogP contribution is -2.16. The Morgan fingerprint density at radius 3 is 1.62 bits per heavy atom. The van der Waals surface area contributed by atoms with Crippen molar-refractivity contribution in [2.24, 2.45) is 11.1 Å². The third-order valence-electron chi connectivity index (χ3n) is 5.15. The highest BCUT2D eigenvalue weighted by molar-refractivity contribution is 7.10. The molecule has 2 aromatic carbocycles. The van der Waals surface area contributed by atoms with E-state index in [4.69, 9.17) is 40.9 Å². The van der Waals surface area contributed by atoms with Gasteiger partial charge in [-0.3, -0.25) is 4.79 Å². The molecular weight excluding hydrogens is 652 g/mol. The molecule has 0 bridgehead atoms. The zero-order chi connectivity index (χ0) is 34.6. The number of hydrogen-bond acceptors (Lipinski definition) is 15. The Bertz CT molecular complexity index is 1720. The van der Waals surface area contributed by atoms with Gasteiger partial charge in [-0.1, -0.05) is 5.16 Å². The predicted octanol–water partition coefficient (Wildman–Crippen LogP) is 3.75. The number of Topliss-reactive ketones (excluding diaryl/α,β-unsaturated/α-hetero) is 1. The number of nitrogens with two attached hydrogens (primary N) is 1. The molecule has 4 N–H and O–H groups in total. The van der Waals surface area contributed by atoms with Crippen molar-refractivity contribution in [1.29, 1.82) is 10.5 Å². The number of carboxylic acid groups (broad SMARTS) is 2. The summed E-state index contributed by atoms with van der Waals surface area (Å²) in [6.07, 6.45) is 0. The molecule has 0 radical (unpaired) electrons. The van der Waals surface area contributed by atoms with Crippen molar-refractivity contribution in [3.8, 4) is 23.6 Å². The lowest BCUT2D eigenvalue weighted by molar-refractivity contribution is -0.132. The Morgan fingerprint density at radius 1 is 0.766 bits per heavy atom. The van der Waals surface area contributed by atoms with Crippen LogP contribution in [0.2, 0.25) is 0 Å². The van der Waals surface area contributed by atoms with Crippen LogP contribution in [-0.2, 0) is 19.3 Å². The summed E-state index contributed by atoms with van der Waals surface area (Å²) in [6.45, 7) is 4.52. The molecule has 244 valence electrons. The van der Waals surface area contributed by atoms with E-state index in [1.807, 2.05) is 12.1 Å². The van der Waals surface area contributed by atoms with Crippen LogP contribution < -0.4 is 15.4 Å². The zero-order valence-corrected chi connectivity index (χ0v) is 26.6. The number of aryl methyl sites for hydroxylation is 2. The molecule has 47 heavy (non-hydrogen) atoms. The van der Waals surface area contributed by atoms with Crippen molar-refractivity contribution in [2.45, 2.75) is 13.8 Å². The van der Waals surface area contributed by atoms with Gasteiger partial charge in [-0.05, 0) is 62.4 Å². The van der Waals surface area contributed by atoms with Crippen LogP contribution in [0.4, 0.5) is 0 Å². The smallest absolute Gasteiger partial charge is 0.378 e. The van der Waals surface area contributed by atoms with E-state index >= 15 is 0 Å². The summed E-state index contributed by atoms with van der Waals surface area (Å²) in [5, 5.41) is 42.7. The van der Waals surface area contributed by atoms with Crippen molar-refractivity contribution in [1.82, 2.24) is 9.97 Å². The van der Waals surface area contributed by atoms with Crippen LogP contribution in [0, 0.1) is 36.5 Å². The van der Waals surface area contributed by atoms with Gasteiger partial charge in [0.1, 0.15) is 42.7 Å². The molecule has 0 saturated carbocycles. The first-order valence-electron chi connectivity index (χ1n) is 13.2. The molecule has 0 aliphatic rings. The number of ether oxygens (including phenoxy) is 2. The fraction of sp³-hybridized carbons (Fsp3) is 0.200. The first-order valence-corrected chi connectivity index (χ1v) is 15.0. The summed E-state index contributed by atoms with van der Waals surface area (Å²) >= 11 is 2.59. The van der Waals surface area contributed by atoms with Crippen LogP contribution in [0.5, 0.6) is 11.5 Å². The molecule has 0 aliphatic carbocycles. The molecule has 17 heteroatoms. The van der Waals surface area contributed by atoms with E-state index in [-0.39, 0.29) is 30.3 Å². The quantitative estimate of drug-likeness (QED) is 0.0599. The molecule has 4 rings (SSSR count). The van der Waals surface area contributed by atoms with E-state index in [0.717, 1.165) is 5.01 Å². The highest BCUT2D eigenvalue weighted by Gasteiger charge is 2.17. The zero-order valence-electron chi connectivity index (χ0n) is 25.0. The number of ketones is 1. The number of nitrogens with zero attached hydrogens (tertiary/aromatic N) is 5. The molecule has 0 atom stereocenters. The summed E-state index contributed by atoms with van der Waals surface area (Å²) in [5.74, 6) is 2.49. The second-order valence-electron chi connectivity index (χ2n) is 8.56. The number of aliphatic carboxylic acids is 2. The van der Waals surface area contributed by atoms with Gasteiger partial charge in [0.25, 0.3) is 5.78 Å². The van der Waals surface area contributed by atoms with Crippen LogP contribution in [-0.4, -0.2) is 70.0 Å². The average Bonchev–Trinajstić information content (AvgIpc) is 3.71. The van der Waals surface area contributed by atoms with Gasteiger partial charge in [-0.15, -0.1) is 22.7 Å². The minimum absolute atomic E-state index is 0.0139. The van der Waals surface area contributed by atoms with Gasteiger partial charge in [0.2, 0.25) is 5.71 Å². The average molecular weight is 681 g/mol. The van der Waals surface area contributed by atoms with Crippen LogP contribution in [0.3, 0.4) is 0 Å². The standard InChI is InChI=1S/C15H13N3O4S.C9H10N2O2.C6H5NO3S/c1-10-17-13(9-23-10)14(15(19)20)18-22-7-6-21-12-4-2-11(8-16)3-5-12;10-7-8-1-3-9(4-2-8)12-5-6-13-11;1-3-7-4(2-11-3)5(8)6(9)10/h2-5,9H,6-7H2,1H3,(H,19,20);1-4H,5-6,11H2;2H,1H3,(H,9,10)/b18-14-;;. The third-order valence-corrected chi connectivity index (χ3v) is 6.69. The number of benzene rings is 2. The van der Waals surface area contributed by atoms with Gasteiger partial charge in [0.15, 0.2) is 6.61 Å². The van der Waals surface area contributed by atoms with Crippen molar-refractivity contribution >= 4 is 46.1 Å². The van der Waals surface area contributed by atoms with E-state index in [2.05, 4.69) is 20.0 Å². The first kappa shape index (κ1) is 37.5. The Kier molecular flexibility index (Phi) is 16.2. The predicted molar refractivity (Wildman–Crippen MR) is 169 cm³/mol. The lowest BCUT2D eigenvalue weighted by Gasteiger charge is -2.05. The maximum absolute atomic E-state index is 11.2. The number of hydrogen-bond donors (Lipinski definition) is 3. The molecule has 0 saturated heterocycles. The normalized spacial score (nSPS) is 10.1. The Labute approximate surface area is 276 Å². The lowest BCUT2D eigenvalue weighted by atomic mass is 10.2. The number of nitriles is 2. The summed E-state index contributed by atoms with van der Waals surface area (Å²) in [7, 11) is 0. The number of carbonyl (C=O) groups excluding carboxylic acids is 1. The second kappa shape index (κ2) is 20.3. The van der Waals surface area contributed by atoms with Gasteiger partial charge >= 0.3 is 11.9 Å². The SMILES string of the molecule is Cc1nc(/C(=N/OCCOc2ccc(C#N)cc2)C(=O)O)cs1.Cc1nc(C(=O)C(=O)O)cs1.N#Cc1ccc(OCCON)cc1. The van der Waals surface area contributed by atoms with Gasteiger partial charge in [-0.25, -0.2) is 25.5 Å². The fourth-order valence-electron chi connectivity index (χ4n) is 3.01. The second-order valence-corrected chi connectivity index (χ2v) is 10.7. The van der Waals surface area contributed by atoms with Gasteiger partial charge < -0.3 is 29.4 Å². The summed E-state index contributed by atoms with van der Waals surface area (Å²) in [5.41, 5.74) is 1.20. The molecule has 4 aromatic rings. The van der Waals surface area contributed by atoms with Crippen molar-refractivity contribution < 1.29 is 43.7 Å². The van der Waals surface area contributed by atoms with Crippen molar-refractivity contribution in [3.05, 3.63) is 91.8 Å². The highest BCUT2D eigenvalue weighted by Crippen LogP contribution is 2.13. The van der Waals surface area contributed by atoms with Crippen LogP contribution >= 0.6 is 22.7 Å². The summed E-state index contributed by atoms with van der Waals surface area (Å²) in [4.78, 5) is 49.1. The van der Waals surface area contributed by atoms with Gasteiger partial charge in [0, 0.05) is 10.8 Å². The Hall–Kier alpha value is -5.72. The van der Waals surface area contributed by atoms with E-state index in [0.29, 0.717) is 40.8 Å². The largest absolute Gasteiger partial charge is 0.491 e. The molecule has 15 nitrogen and oxygen atoms in total. The minimum Gasteiger partial charge on any atom is -0.491 e. The maximum Gasteiger partial charge on any atom is 0.378 e. The summed E-state index contributed by atoms with van der Waals surface area (Å²) < 4.78 is 10.6. The number of rotatable bonds is 13. The fourth-order valence-corrected chi connectivity index (χ4v) is 4.20. The topological polar surface area (TPSA) is 240 Å². The van der Waals surface area contributed by atoms with Crippen LogP contribution in [0.15, 0.2) is 64.4 Å². The van der Waals surface area contributed by atoms with E-state index in [1.54, 1.807) is 67.8 Å². The Balaban J connectivity index is 0.000000270. The number of thiazole rings is 2. The number of carbonyl (C=O) groups is 3. The first-order chi connectivity index (χ1) is 22.6. The minimum atomic E-state index is -1.46.